The van der Waals surface area contributed by atoms with Crippen LogP contribution in [0.5, 0.6) is 0 Å². The molecule has 0 heterocycles. The van der Waals surface area contributed by atoms with Crippen molar-refractivity contribution in [3.8, 4) is 0 Å². The molecular formula is C13H17BrO2. The quantitative estimate of drug-likeness (QED) is 0.891. The molecule has 0 aliphatic carbocycles. The van der Waals surface area contributed by atoms with Crippen LogP contribution < -0.4 is 0 Å². The first-order valence-corrected chi connectivity index (χ1v) is 6.19. The Bertz CT molecular complexity index is 372. The van der Waals surface area contributed by atoms with E-state index in [1.807, 2.05) is 12.1 Å². The number of hydrogen-bond donors (Lipinski definition) is 1. The van der Waals surface area contributed by atoms with Gasteiger partial charge in [-0.05, 0) is 50.8 Å². The Kier molecular flexibility index (Phi) is 4.54. The van der Waals surface area contributed by atoms with Gasteiger partial charge >= 0.3 is 5.97 Å². The Morgan fingerprint density at radius 2 is 2.12 bits per heavy atom. The smallest absolute Gasteiger partial charge is 0.309 e. The minimum atomic E-state index is -0.721. The highest BCUT2D eigenvalue weighted by Gasteiger charge is 2.25. The molecule has 2 nitrogen and oxygen atoms in total. The maximum absolute atomic E-state index is 10.9. The highest BCUT2D eigenvalue weighted by Crippen LogP contribution is 2.24. The molecule has 0 saturated carbocycles. The molecule has 1 aromatic carbocycles. The van der Waals surface area contributed by atoms with Crippen LogP contribution in [0.4, 0.5) is 0 Å². The fourth-order valence-corrected chi connectivity index (χ4v) is 1.98. The van der Waals surface area contributed by atoms with E-state index >= 15 is 0 Å². The number of carboxylic acids is 1. The predicted molar refractivity (Wildman–Crippen MR) is 68.5 cm³/mol. The number of aliphatic carboxylic acids is 1. The molecule has 0 aliphatic heterocycles. The summed E-state index contributed by atoms with van der Waals surface area (Å²) in [6.45, 7) is 3.55. The molecule has 0 amide bonds. The number of carbonyl (C=O) groups is 1. The van der Waals surface area contributed by atoms with Gasteiger partial charge in [-0.25, -0.2) is 0 Å². The Hall–Kier alpha value is -0.830. The lowest BCUT2D eigenvalue weighted by Crippen LogP contribution is -2.23. The van der Waals surface area contributed by atoms with Crippen LogP contribution in [0.1, 0.15) is 32.3 Å². The standard InChI is InChI=1S/C13H17BrO2/c1-13(2,12(15)16)8-4-6-10-5-3-7-11(14)9-10/h3,5,7,9H,4,6,8H2,1-2H3,(H,15,16). The summed E-state index contributed by atoms with van der Waals surface area (Å²) in [6, 6.07) is 8.14. The van der Waals surface area contributed by atoms with Crippen LogP contribution in [0.2, 0.25) is 0 Å². The summed E-state index contributed by atoms with van der Waals surface area (Å²) in [4.78, 5) is 10.9. The van der Waals surface area contributed by atoms with Gasteiger partial charge in [0.25, 0.3) is 0 Å². The third-order valence-electron chi connectivity index (χ3n) is 2.74. The van der Waals surface area contributed by atoms with Gasteiger partial charge in [-0.3, -0.25) is 4.79 Å². The lowest BCUT2D eigenvalue weighted by atomic mass is 9.87. The Balaban J connectivity index is 2.45. The van der Waals surface area contributed by atoms with Crippen LogP contribution in [-0.4, -0.2) is 11.1 Å². The van der Waals surface area contributed by atoms with Crippen molar-refractivity contribution >= 4 is 21.9 Å². The molecule has 0 fully saturated rings. The predicted octanol–water partition coefficient (Wildman–Crippen LogP) is 3.88. The normalized spacial score (nSPS) is 11.4. The number of benzene rings is 1. The summed E-state index contributed by atoms with van der Waals surface area (Å²) in [5.74, 6) is -0.721. The van der Waals surface area contributed by atoms with Gasteiger partial charge in [-0.15, -0.1) is 0 Å². The number of carboxylic acid groups (broad SMARTS) is 1. The van der Waals surface area contributed by atoms with Crippen molar-refractivity contribution in [1.29, 1.82) is 0 Å². The summed E-state index contributed by atoms with van der Waals surface area (Å²) < 4.78 is 1.07. The second-order valence-electron chi connectivity index (χ2n) is 4.67. The molecule has 16 heavy (non-hydrogen) atoms. The molecule has 1 aromatic rings. The van der Waals surface area contributed by atoms with E-state index in [0.29, 0.717) is 6.42 Å². The number of rotatable bonds is 5. The SMILES string of the molecule is CC(C)(CCCc1cccc(Br)c1)C(=O)O. The summed E-state index contributed by atoms with van der Waals surface area (Å²) in [7, 11) is 0. The molecule has 1 rings (SSSR count). The molecule has 3 heteroatoms. The van der Waals surface area contributed by atoms with E-state index in [9.17, 15) is 4.79 Å². The van der Waals surface area contributed by atoms with Crippen molar-refractivity contribution in [3.63, 3.8) is 0 Å². The average Bonchev–Trinajstić information content (AvgIpc) is 2.17. The number of halogens is 1. The fourth-order valence-electron chi connectivity index (χ4n) is 1.53. The highest BCUT2D eigenvalue weighted by atomic mass is 79.9. The van der Waals surface area contributed by atoms with Gasteiger partial charge < -0.3 is 5.11 Å². The van der Waals surface area contributed by atoms with Crippen molar-refractivity contribution in [2.45, 2.75) is 33.1 Å². The molecule has 0 aromatic heterocycles. The summed E-state index contributed by atoms with van der Waals surface area (Å²) in [6.07, 6.45) is 2.53. The zero-order chi connectivity index (χ0) is 12.2. The van der Waals surface area contributed by atoms with Gasteiger partial charge in [0, 0.05) is 4.47 Å². The van der Waals surface area contributed by atoms with E-state index in [2.05, 4.69) is 28.1 Å². The summed E-state index contributed by atoms with van der Waals surface area (Å²) >= 11 is 3.42. The Morgan fingerprint density at radius 3 is 2.69 bits per heavy atom. The minimum absolute atomic E-state index is 0.619. The van der Waals surface area contributed by atoms with E-state index in [0.717, 1.165) is 17.3 Å². The van der Waals surface area contributed by atoms with Gasteiger partial charge in [0.15, 0.2) is 0 Å². The highest BCUT2D eigenvalue weighted by molar-refractivity contribution is 9.10. The first-order valence-electron chi connectivity index (χ1n) is 5.40. The molecule has 0 radical (unpaired) electrons. The van der Waals surface area contributed by atoms with E-state index in [1.165, 1.54) is 5.56 Å². The van der Waals surface area contributed by atoms with Crippen LogP contribution in [0.3, 0.4) is 0 Å². The lowest BCUT2D eigenvalue weighted by Gasteiger charge is -2.18. The van der Waals surface area contributed by atoms with E-state index < -0.39 is 11.4 Å². The maximum Gasteiger partial charge on any atom is 0.309 e. The van der Waals surface area contributed by atoms with Gasteiger partial charge in [0.05, 0.1) is 5.41 Å². The van der Waals surface area contributed by atoms with Crippen LogP contribution in [0, 0.1) is 5.41 Å². The molecule has 0 spiro atoms. The minimum Gasteiger partial charge on any atom is -0.481 e. The van der Waals surface area contributed by atoms with Crippen LogP contribution in [0.25, 0.3) is 0 Å². The number of aryl methyl sites for hydroxylation is 1. The topological polar surface area (TPSA) is 37.3 Å². The molecule has 88 valence electrons. The molecule has 1 N–H and O–H groups in total. The first-order chi connectivity index (χ1) is 7.42. The fraction of sp³-hybridized carbons (Fsp3) is 0.462. The molecule has 0 unspecified atom stereocenters. The van der Waals surface area contributed by atoms with Crippen LogP contribution >= 0.6 is 15.9 Å². The van der Waals surface area contributed by atoms with E-state index in [-0.39, 0.29) is 0 Å². The second-order valence-corrected chi connectivity index (χ2v) is 5.59. The molecule has 0 atom stereocenters. The van der Waals surface area contributed by atoms with Crippen molar-refractivity contribution in [2.75, 3.05) is 0 Å². The first kappa shape index (κ1) is 13.2. The number of hydrogen-bond acceptors (Lipinski definition) is 1. The van der Waals surface area contributed by atoms with Crippen molar-refractivity contribution in [1.82, 2.24) is 0 Å². The zero-order valence-corrected chi connectivity index (χ0v) is 11.3. The molecule has 0 bridgehead atoms. The molecule has 0 saturated heterocycles. The Labute approximate surface area is 105 Å². The Morgan fingerprint density at radius 1 is 1.44 bits per heavy atom. The average molecular weight is 285 g/mol. The summed E-state index contributed by atoms with van der Waals surface area (Å²) in [5, 5.41) is 8.98. The lowest BCUT2D eigenvalue weighted by molar-refractivity contribution is -0.147. The monoisotopic (exact) mass is 284 g/mol. The largest absolute Gasteiger partial charge is 0.481 e. The van der Waals surface area contributed by atoms with Crippen molar-refractivity contribution in [2.24, 2.45) is 5.41 Å². The second kappa shape index (κ2) is 5.48. The summed E-state index contributed by atoms with van der Waals surface area (Å²) in [5.41, 5.74) is 0.627. The van der Waals surface area contributed by atoms with E-state index in [1.54, 1.807) is 13.8 Å². The maximum atomic E-state index is 10.9. The van der Waals surface area contributed by atoms with Gasteiger partial charge in [-0.2, -0.15) is 0 Å². The zero-order valence-electron chi connectivity index (χ0n) is 9.66. The molecular weight excluding hydrogens is 268 g/mol. The van der Waals surface area contributed by atoms with Crippen LogP contribution in [-0.2, 0) is 11.2 Å². The van der Waals surface area contributed by atoms with Gasteiger partial charge in [0.1, 0.15) is 0 Å². The van der Waals surface area contributed by atoms with Gasteiger partial charge in [-0.1, -0.05) is 28.1 Å². The third-order valence-corrected chi connectivity index (χ3v) is 3.23. The third kappa shape index (κ3) is 3.97. The van der Waals surface area contributed by atoms with Crippen molar-refractivity contribution < 1.29 is 9.90 Å². The van der Waals surface area contributed by atoms with E-state index in [4.69, 9.17) is 5.11 Å². The van der Waals surface area contributed by atoms with Crippen LogP contribution in [0.15, 0.2) is 28.7 Å². The van der Waals surface area contributed by atoms with Gasteiger partial charge in [0.2, 0.25) is 0 Å². The van der Waals surface area contributed by atoms with Crippen molar-refractivity contribution in [3.05, 3.63) is 34.3 Å². The molecule has 0 aliphatic rings.